The van der Waals surface area contributed by atoms with Crippen molar-refractivity contribution in [2.75, 3.05) is 39.8 Å². The third kappa shape index (κ3) is 6.35. The van der Waals surface area contributed by atoms with Crippen molar-refractivity contribution >= 4 is 14.5 Å². The molecule has 6 nitrogen and oxygen atoms in total. The molecule has 0 aromatic rings. The van der Waals surface area contributed by atoms with Gasteiger partial charge in [-0.2, -0.15) is 0 Å². The minimum atomic E-state index is -2.42. The van der Waals surface area contributed by atoms with Gasteiger partial charge < -0.3 is 24.1 Å². The van der Waals surface area contributed by atoms with E-state index in [-0.39, 0.29) is 12.5 Å². The van der Waals surface area contributed by atoms with Crippen molar-refractivity contribution in [3.05, 3.63) is 0 Å². The maximum absolute atomic E-state index is 11.4. The van der Waals surface area contributed by atoms with Gasteiger partial charge in [-0.25, -0.2) is 0 Å². The van der Waals surface area contributed by atoms with Crippen LogP contribution >= 0.6 is 8.60 Å². The van der Waals surface area contributed by atoms with E-state index in [0.29, 0.717) is 13.1 Å². The monoisotopic (exact) mass is 252 g/mol. The van der Waals surface area contributed by atoms with Crippen LogP contribution in [0, 0.1) is 0 Å². The lowest BCUT2D eigenvalue weighted by atomic mass is 10.3. The van der Waals surface area contributed by atoms with Crippen LogP contribution in [0.3, 0.4) is 0 Å². The predicted molar refractivity (Wildman–Crippen MR) is 62.7 cm³/mol. The van der Waals surface area contributed by atoms with Gasteiger partial charge in [0.1, 0.15) is 6.61 Å². The molecule has 0 aromatic heterocycles. The smallest absolute Gasteiger partial charge is 0.327 e. The molecule has 1 heterocycles. The van der Waals surface area contributed by atoms with Gasteiger partial charge in [0.25, 0.3) is 0 Å². The van der Waals surface area contributed by atoms with E-state index in [1.807, 2.05) is 20.9 Å². The van der Waals surface area contributed by atoms with Crippen LogP contribution in [0.4, 0.5) is 0 Å². The molecule has 16 heavy (non-hydrogen) atoms. The SMILES string of the molecule is CC.CN1CCN(C(=O)COP(O)O)CC1. The molecule has 7 heteroatoms. The van der Waals surface area contributed by atoms with Gasteiger partial charge in [0.15, 0.2) is 0 Å². The summed E-state index contributed by atoms with van der Waals surface area (Å²) in [5.41, 5.74) is 0. The summed E-state index contributed by atoms with van der Waals surface area (Å²) in [6.07, 6.45) is 0. The zero-order valence-electron chi connectivity index (χ0n) is 10.1. The Labute approximate surface area is 97.8 Å². The van der Waals surface area contributed by atoms with Crippen LogP contribution in [0.1, 0.15) is 13.8 Å². The van der Waals surface area contributed by atoms with Gasteiger partial charge in [-0.05, 0) is 7.05 Å². The summed E-state index contributed by atoms with van der Waals surface area (Å²) < 4.78 is 4.45. The lowest BCUT2D eigenvalue weighted by molar-refractivity contribution is -0.135. The predicted octanol–water partition coefficient (Wildman–Crippen LogP) is 0.0147. The molecule has 0 atom stereocenters. The largest absolute Gasteiger partial charge is 0.338 e. The number of carbonyl (C=O) groups is 1. The maximum atomic E-state index is 11.4. The standard InChI is InChI=1S/C7H15N2O4P.C2H6/c1-8-2-4-9(5-3-8)7(10)6-13-14(11)12;1-2/h11-12H,2-6H2,1H3;1-2H3. The van der Waals surface area contributed by atoms with E-state index in [2.05, 4.69) is 9.42 Å². The molecule has 1 aliphatic rings. The minimum Gasteiger partial charge on any atom is -0.338 e. The van der Waals surface area contributed by atoms with Crippen LogP contribution in [0.5, 0.6) is 0 Å². The molecule has 1 rings (SSSR count). The van der Waals surface area contributed by atoms with E-state index in [4.69, 9.17) is 9.79 Å². The lowest BCUT2D eigenvalue weighted by Crippen LogP contribution is -2.48. The van der Waals surface area contributed by atoms with Crippen molar-refractivity contribution in [3.8, 4) is 0 Å². The average Bonchev–Trinajstić information content (AvgIpc) is 2.29. The first-order chi connectivity index (χ1) is 7.59. The number of hydrogen-bond acceptors (Lipinski definition) is 5. The van der Waals surface area contributed by atoms with E-state index in [0.717, 1.165) is 13.1 Å². The fourth-order valence-corrected chi connectivity index (χ4v) is 1.49. The highest BCUT2D eigenvalue weighted by atomic mass is 31.2. The first-order valence-electron chi connectivity index (χ1n) is 5.36. The van der Waals surface area contributed by atoms with Gasteiger partial charge in [-0.15, -0.1) is 0 Å². The summed E-state index contributed by atoms with van der Waals surface area (Å²) in [4.78, 5) is 32.1. The Morgan fingerprint density at radius 2 is 1.75 bits per heavy atom. The van der Waals surface area contributed by atoms with Gasteiger partial charge in [-0.1, -0.05) is 13.8 Å². The van der Waals surface area contributed by atoms with Crippen molar-refractivity contribution in [2.24, 2.45) is 0 Å². The fraction of sp³-hybridized carbons (Fsp3) is 0.889. The van der Waals surface area contributed by atoms with Crippen LogP contribution in [0.2, 0.25) is 0 Å². The molecule has 1 fully saturated rings. The Hall–Kier alpha value is -0.260. The minimum absolute atomic E-state index is 0.186. The Kier molecular flexibility index (Phi) is 8.70. The number of piperazine rings is 1. The second-order valence-corrected chi connectivity index (χ2v) is 3.97. The average molecular weight is 252 g/mol. The number of nitrogens with zero attached hydrogens (tertiary/aromatic N) is 2. The second-order valence-electron chi connectivity index (χ2n) is 3.21. The Morgan fingerprint density at radius 1 is 1.25 bits per heavy atom. The van der Waals surface area contributed by atoms with Crippen molar-refractivity contribution in [1.29, 1.82) is 0 Å². The van der Waals surface area contributed by atoms with Gasteiger partial charge in [-0.3, -0.25) is 4.79 Å². The summed E-state index contributed by atoms with van der Waals surface area (Å²) in [6, 6.07) is 0. The van der Waals surface area contributed by atoms with E-state index < -0.39 is 8.60 Å². The Morgan fingerprint density at radius 3 is 2.19 bits per heavy atom. The molecule has 1 amide bonds. The van der Waals surface area contributed by atoms with Gasteiger partial charge in [0.2, 0.25) is 5.91 Å². The van der Waals surface area contributed by atoms with Gasteiger partial charge >= 0.3 is 8.60 Å². The highest BCUT2D eigenvalue weighted by molar-refractivity contribution is 7.39. The molecule has 0 aliphatic carbocycles. The molecular weight excluding hydrogens is 231 g/mol. The van der Waals surface area contributed by atoms with Gasteiger partial charge in [0.05, 0.1) is 0 Å². The molecular formula is C9H21N2O4P. The van der Waals surface area contributed by atoms with Crippen molar-refractivity contribution in [3.63, 3.8) is 0 Å². The summed E-state index contributed by atoms with van der Waals surface area (Å²) >= 11 is 0. The highest BCUT2D eigenvalue weighted by Gasteiger charge is 2.19. The molecule has 0 spiro atoms. The van der Waals surface area contributed by atoms with E-state index in [9.17, 15) is 4.79 Å². The summed E-state index contributed by atoms with van der Waals surface area (Å²) in [5, 5.41) is 0. The fourth-order valence-electron chi connectivity index (χ4n) is 1.26. The van der Waals surface area contributed by atoms with E-state index in [1.165, 1.54) is 0 Å². The topological polar surface area (TPSA) is 73.2 Å². The summed E-state index contributed by atoms with van der Waals surface area (Å²) in [6.45, 7) is 6.79. The molecule has 2 N–H and O–H groups in total. The number of hydrogen-bond donors (Lipinski definition) is 2. The molecule has 1 aliphatic heterocycles. The van der Waals surface area contributed by atoms with Crippen LogP contribution < -0.4 is 0 Å². The van der Waals surface area contributed by atoms with E-state index >= 15 is 0 Å². The molecule has 0 bridgehead atoms. The molecule has 0 aromatic carbocycles. The molecule has 1 saturated heterocycles. The maximum Gasteiger partial charge on any atom is 0.327 e. The molecule has 96 valence electrons. The van der Waals surface area contributed by atoms with Crippen LogP contribution in [-0.2, 0) is 9.32 Å². The first-order valence-corrected chi connectivity index (χ1v) is 6.53. The van der Waals surface area contributed by atoms with Gasteiger partial charge in [0, 0.05) is 26.2 Å². The molecule has 0 saturated carbocycles. The first kappa shape index (κ1) is 15.7. The second kappa shape index (κ2) is 8.84. The normalized spacial score (nSPS) is 17.0. The lowest BCUT2D eigenvalue weighted by Gasteiger charge is -2.32. The van der Waals surface area contributed by atoms with Crippen LogP contribution in [0.15, 0.2) is 0 Å². The molecule has 0 unspecified atom stereocenters. The number of rotatable bonds is 3. The zero-order chi connectivity index (χ0) is 12.6. The van der Waals surface area contributed by atoms with Crippen LogP contribution in [0.25, 0.3) is 0 Å². The van der Waals surface area contributed by atoms with E-state index in [1.54, 1.807) is 4.90 Å². The zero-order valence-corrected chi connectivity index (χ0v) is 11.0. The summed E-state index contributed by atoms with van der Waals surface area (Å²) in [7, 11) is -0.422. The Bertz CT molecular complexity index is 196. The third-order valence-electron chi connectivity index (χ3n) is 2.16. The Balaban J connectivity index is 0.00000106. The quantitative estimate of drug-likeness (QED) is 0.692. The number of carbonyl (C=O) groups excluding carboxylic acids is 1. The number of likely N-dealkylation sites (N-methyl/N-ethyl adjacent to an activating group) is 1. The highest BCUT2D eigenvalue weighted by Crippen LogP contribution is 2.23. The van der Waals surface area contributed by atoms with Crippen molar-refractivity contribution in [2.45, 2.75) is 13.8 Å². The van der Waals surface area contributed by atoms with Crippen molar-refractivity contribution in [1.82, 2.24) is 9.80 Å². The summed E-state index contributed by atoms with van der Waals surface area (Å²) in [5.74, 6) is -0.186. The van der Waals surface area contributed by atoms with Crippen LogP contribution in [-0.4, -0.2) is 65.3 Å². The third-order valence-corrected chi connectivity index (χ3v) is 2.52. The van der Waals surface area contributed by atoms with Crippen molar-refractivity contribution < 1.29 is 19.1 Å². The molecule has 0 radical (unpaired) electrons. The number of amides is 1.